The van der Waals surface area contributed by atoms with Crippen LogP contribution in [0.3, 0.4) is 0 Å². The summed E-state index contributed by atoms with van der Waals surface area (Å²) >= 11 is 0. The molecule has 1 aromatic rings. The lowest BCUT2D eigenvalue weighted by atomic mass is 10.3. The monoisotopic (exact) mass is 333 g/mol. The highest BCUT2D eigenvalue weighted by Crippen LogP contribution is 2.19. The molecule has 0 radical (unpaired) electrons. The van der Waals surface area contributed by atoms with Crippen molar-refractivity contribution in [3.63, 3.8) is 0 Å². The molecule has 8 heteroatoms. The predicted molar refractivity (Wildman–Crippen MR) is 91.4 cm³/mol. The first kappa shape index (κ1) is 16.7. The Morgan fingerprint density at radius 1 is 1.25 bits per heavy atom. The summed E-state index contributed by atoms with van der Waals surface area (Å²) in [6, 6.07) is 0.777. The molecule has 8 nitrogen and oxygen atoms in total. The number of aromatic nitrogens is 3. The lowest BCUT2D eigenvalue weighted by Crippen LogP contribution is -2.45. The van der Waals surface area contributed by atoms with Crippen LogP contribution < -0.4 is 10.6 Å². The van der Waals surface area contributed by atoms with Crippen molar-refractivity contribution in [3.05, 3.63) is 11.6 Å². The molecule has 3 rings (SSSR count). The van der Waals surface area contributed by atoms with Crippen LogP contribution in [0.15, 0.2) is 4.99 Å². The maximum Gasteiger partial charge on any atom is 0.222 e. The van der Waals surface area contributed by atoms with Gasteiger partial charge in [0, 0.05) is 38.6 Å². The normalized spacial score (nSPS) is 21.2. The van der Waals surface area contributed by atoms with E-state index in [9.17, 15) is 4.79 Å². The zero-order valence-corrected chi connectivity index (χ0v) is 14.7. The third kappa shape index (κ3) is 4.04. The molecule has 1 atom stereocenters. The van der Waals surface area contributed by atoms with E-state index in [1.807, 2.05) is 30.4 Å². The summed E-state index contributed by atoms with van der Waals surface area (Å²) in [6.07, 6.45) is 3.91. The lowest BCUT2D eigenvalue weighted by Gasteiger charge is -2.19. The van der Waals surface area contributed by atoms with Crippen LogP contribution in [-0.4, -0.2) is 56.7 Å². The average molecular weight is 333 g/mol. The first-order valence-electron chi connectivity index (χ1n) is 8.77. The molecular formula is C16H27N7O. The molecule has 1 unspecified atom stereocenters. The van der Waals surface area contributed by atoms with E-state index in [4.69, 9.17) is 0 Å². The molecule has 24 heavy (non-hydrogen) atoms. The highest BCUT2D eigenvalue weighted by atomic mass is 16.2. The molecule has 1 aliphatic carbocycles. The van der Waals surface area contributed by atoms with E-state index in [2.05, 4.69) is 25.8 Å². The van der Waals surface area contributed by atoms with Gasteiger partial charge in [-0.1, -0.05) is 6.92 Å². The Kier molecular flexibility index (Phi) is 5.01. The molecule has 2 fully saturated rings. The number of hydrogen-bond donors (Lipinski definition) is 2. The van der Waals surface area contributed by atoms with Gasteiger partial charge < -0.3 is 20.1 Å². The van der Waals surface area contributed by atoms with E-state index < -0.39 is 0 Å². The fourth-order valence-electron chi connectivity index (χ4n) is 2.81. The van der Waals surface area contributed by atoms with Gasteiger partial charge in [-0.25, -0.2) is 4.99 Å². The van der Waals surface area contributed by atoms with Crippen molar-refractivity contribution in [2.75, 3.05) is 13.1 Å². The number of carbonyl (C=O) groups excluding carboxylic acids is 1. The van der Waals surface area contributed by atoms with Crippen LogP contribution in [0.25, 0.3) is 0 Å². The van der Waals surface area contributed by atoms with Gasteiger partial charge in [0.1, 0.15) is 12.4 Å². The molecule has 1 aliphatic heterocycles. The van der Waals surface area contributed by atoms with Gasteiger partial charge in [-0.05, 0) is 26.2 Å². The van der Waals surface area contributed by atoms with Crippen molar-refractivity contribution < 1.29 is 4.79 Å². The SMILES string of the molecule is CCC(=O)N1CCC(NC(=NCc2nnc(C)n2C)NC2CC2)C1. The van der Waals surface area contributed by atoms with Crippen molar-refractivity contribution in [1.29, 1.82) is 0 Å². The van der Waals surface area contributed by atoms with E-state index in [0.717, 1.165) is 37.1 Å². The standard InChI is InChI=1S/C16H27N7O/c1-4-15(24)23-8-7-13(10-23)19-16(18-12-5-6-12)17-9-14-21-20-11(2)22(14)3/h12-13H,4-10H2,1-3H3,(H2,17,18,19). The Hall–Kier alpha value is -2.12. The number of hydrogen-bond acceptors (Lipinski definition) is 4. The summed E-state index contributed by atoms with van der Waals surface area (Å²) in [6.45, 7) is 5.90. The third-order valence-electron chi connectivity index (χ3n) is 4.66. The van der Waals surface area contributed by atoms with Gasteiger partial charge in [0.15, 0.2) is 11.8 Å². The van der Waals surface area contributed by atoms with Gasteiger partial charge in [-0.15, -0.1) is 10.2 Å². The Morgan fingerprint density at radius 2 is 2.00 bits per heavy atom. The Labute approximate surface area is 142 Å². The number of nitrogens with zero attached hydrogens (tertiary/aromatic N) is 5. The molecule has 0 spiro atoms. The highest BCUT2D eigenvalue weighted by Gasteiger charge is 2.28. The molecule has 1 aromatic heterocycles. The van der Waals surface area contributed by atoms with Gasteiger partial charge >= 0.3 is 0 Å². The second kappa shape index (κ2) is 7.19. The Balaban J connectivity index is 1.60. The zero-order chi connectivity index (χ0) is 17.1. The second-order valence-electron chi connectivity index (χ2n) is 6.63. The van der Waals surface area contributed by atoms with Crippen LogP contribution in [0.2, 0.25) is 0 Å². The van der Waals surface area contributed by atoms with Gasteiger partial charge in [0.05, 0.1) is 0 Å². The zero-order valence-electron chi connectivity index (χ0n) is 14.7. The fraction of sp³-hybridized carbons (Fsp3) is 0.750. The number of aryl methyl sites for hydroxylation is 1. The van der Waals surface area contributed by atoms with Crippen LogP contribution in [0, 0.1) is 6.92 Å². The summed E-state index contributed by atoms with van der Waals surface area (Å²) < 4.78 is 1.95. The number of amides is 1. The number of carbonyl (C=O) groups is 1. The van der Waals surface area contributed by atoms with Crippen LogP contribution >= 0.6 is 0 Å². The molecule has 1 saturated carbocycles. The summed E-state index contributed by atoms with van der Waals surface area (Å²) in [5.41, 5.74) is 0. The number of rotatable bonds is 5. The largest absolute Gasteiger partial charge is 0.354 e. The fourth-order valence-corrected chi connectivity index (χ4v) is 2.81. The molecule has 0 bridgehead atoms. The van der Waals surface area contributed by atoms with Gasteiger partial charge in [0.25, 0.3) is 0 Å². The third-order valence-corrected chi connectivity index (χ3v) is 4.66. The van der Waals surface area contributed by atoms with E-state index in [1.165, 1.54) is 12.8 Å². The van der Waals surface area contributed by atoms with Gasteiger partial charge in [-0.3, -0.25) is 4.79 Å². The molecule has 2 heterocycles. The minimum atomic E-state index is 0.225. The van der Waals surface area contributed by atoms with E-state index in [-0.39, 0.29) is 11.9 Å². The molecule has 132 valence electrons. The molecule has 2 N–H and O–H groups in total. The topological polar surface area (TPSA) is 87.4 Å². The van der Waals surface area contributed by atoms with E-state index >= 15 is 0 Å². The molecule has 1 amide bonds. The van der Waals surface area contributed by atoms with Crippen molar-refractivity contribution in [2.45, 2.75) is 58.2 Å². The quantitative estimate of drug-likeness (QED) is 0.599. The van der Waals surface area contributed by atoms with Gasteiger partial charge in [0.2, 0.25) is 5.91 Å². The number of aliphatic imine (C=N–C) groups is 1. The molecule has 1 saturated heterocycles. The summed E-state index contributed by atoms with van der Waals surface area (Å²) in [7, 11) is 1.95. The van der Waals surface area contributed by atoms with E-state index in [1.54, 1.807) is 0 Å². The Bertz CT molecular complexity index is 620. The summed E-state index contributed by atoms with van der Waals surface area (Å²) in [4.78, 5) is 18.4. The number of nitrogens with one attached hydrogen (secondary N) is 2. The van der Waals surface area contributed by atoms with Gasteiger partial charge in [-0.2, -0.15) is 0 Å². The van der Waals surface area contributed by atoms with Crippen LogP contribution in [0.5, 0.6) is 0 Å². The molecular weight excluding hydrogens is 306 g/mol. The molecule has 0 aromatic carbocycles. The van der Waals surface area contributed by atoms with Crippen molar-refractivity contribution in [1.82, 2.24) is 30.3 Å². The average Bonchev–Trinajstić information content (AvgIpc) is 3.18. The summed E-state index contributed by atoms with van der Waals surface area (Å²) in [5, 5.41) is 15.2. The number of guanidine groups is 1. The maximum atomic E-state index is 11.8. The lowest BCUT2D eigenvalue weighted by molar-refractivity contribution is -0.129. The predicted octanol–water partition coefficient (Wildman–Crippen LogP) is 0.332. The van der Waals surface area contributed by atoms with Crippen LogP contribution in [0.4, 0.5) is 0 Å². The van der Waals surface area contributed by atoms with Crippen LogP contribution in [0.1, 0.15) is 44.3 Å². The second-order valence-corrected chi connectivity index (χ2v) is 6.63. The van der Waals surface area contributed by atoms with Crippen molar-refractivity contribution in [2.24, 2.45) is 12.0 Å². The first-order chi connectivity index (χ1) is 11.6. The molecule has 2 aliphatic rings. The minimum Gasteiger partial charge on any atom is -0.354 e. The number of likely N-dealkylation sites (tertiary alicyclic amines) is 1. The smallest absolute Gasteiger partial charge is 0.222 e. The van der Waals surface area contributed by atoms with E-state index in [0.29, 0.717) is 19.0 Å². The van der Waals surface area contributed by atoms with Crippen LogP contribution in [-0.2, 0) is 18.4 Å². The maximum absolute atomic E-state index is 11.8. The highest BCUT2D eigenvalue weighted by molar-refractivity contribution is 5.81. The minimum absolute atomic E-state index is 0.225. The summed E-state index contributed by atoms with van der Waals surface area (Å²) in [5.74, 6) is 2.77. The van der Waals surface area contributed by atoms with Crippen molar-refractivity contribution in [3.8, 4) is 0 Å². The van der Waals surface area contributed by atoms with Crippen molar-refractivity contribution >= 4 is 11.9 Å². The first-order valence-corrected chi connectivity index (χ1v) is 8.77. The Morgan fingerprint density at radius 3 is 2.62 bits per heavy atom.